The number of likely N-dealkylation sites (tertiary alicyclic amines) is 1. The lowest BCUT2D eigenvalue weighted by molar-refractivity contribution is -0.384. The number of hydrogen-bond acceptors (Lipinski definition) is 7. The van der Waals surface area contributed by atoms with E-state index in [0.717, 1.165) is 37.4 Å². The lowest BCUT2D eigenvalue weighted by Gasteiger charge is -2.33. The summed E-state index contributed by atoms with van der Waals surface area (Å²) in [7, 11) is 0. The van der Waals surface area contributed by atoms with Gasteiger partial charge in [-0.25, -0.2) is 4.98 Å². The second kappa shape index (κ2) is 11.2. The van der Waals surface area contributed by atoms with Crippen LogP contribution in [0, 0.1) is 16.0 Å². The minimum atomic E-state index is -0.403. The Kier molecular flexibility index (Phi) is 7.74. The van der Waals surface area contributed by atoms with E-state index in [0.29, 0.717) is 39.3 Å². The molecule has 3 heterocycles. The summed E-state index contributed by atoms with van der Waals surface area (Å²) in [5.41, 5.74) is 1.54. The fourth-order valence-corrected chi connectivity index (χ4v) is 5.61. The Hall–Kier alpha value is -2.68. The van der Waals surface area contributed by atoms with Crippen molar-refractivity contribution in [3.05, 3.63) is 62.1 Å². The van der Waals surface area contributed by atoms with Crippen LogP contribution in [-0.2, 0) is 6.54 Å². The molecule has 8 nitrogen and oxygen atoms in total. The number of nitro groups is 1. The monoisotopic (exact) mass is 528 g/mol. The van der Waals surface area contributed by atoms with Crippen molar-refractivity contribution in [1.29, 1.82) is 0 Å². The Morgan fingerprint density at radius 1 is 1.03 bits per heavy atom. The molecule has 2 aliphatic rings. The third-order valence-electron chi connectivity index (χ3n) is 7.29. The highest BCUT2D eigenvalue weighted by molar-refractivity contribution is 6.35. The second-order valence-electron chi connectivity index (χ2n) is 9.69. The van der Waals surface area contributed by atoms with Crippen LogP contribution in [0.4, 0.5) is 17.5 Å². The van der Waals surface area contributed by atoms with Gasteiger partial charge in [0.05, 0.1) is 10.4 Å². The van der Waals surface area contributed by atoms with Crippen LogP contribution < -0.4 is 10.2 Å². The molecule has 0 spiro atoms. The highest BCUT2D eigenvalue weighted by atomic mass is 35.5. The molecule has 0 unspecified atom stereocenters. The number of piperidine rings is 1. The number of benzene rings is 2. The van der Waals surface area contributed by atoms with Gasteiger partial charge in [-0.1, -0.05) is 29.3 Å². The number of anilines is 2. The molecule has 2 aliphatic heterocycles. The first kappa shape index (κ1) is 25.0. The van der Waals surface area contributed by atoms with Gasteiger partial charge >= 0.3 is 0 Å². The Labute approximate surface area is 220 Å². The normalized spacial score (nSPS) is 17.1. The summed E-state index contributed by atoms with van der Waals surface area (Å²) >= 11 is 12.4. The average molecular weight is 529 g/mol. The zero-order chi connectivity index (χ0) is 25.1. The molecule has 3 aromatic rings. The molecule has 2 aromatic carbocycles. The topological polar surface area (TPSA) is 87.4 Å². The van der Waals surface area contributed by atoms with E-state index in [1.807, 2.05) is 6.07 Å². The molecule has 2 saturated heterocycles. The second-order valence-corrected chi connectivity index (χ2v) is 10.5. The van der Waals surface area contributed by atoms with Gasteiger partial charge in [0.1, 0.15) is 5.82 Å². The molecule has 0 aliphatic carbocycles. The average Bonchev–Trinajstić information content (AvgIpc) is 3.40. The number of nitrogens with zero attached hydrogens (tertiary/aromatic N) is 5. The lowest BCUT2D eigenvalue weighted by atomic mass is 9.93. The smallest absolute Gasteiger partial charge is 0.270 e. The number of aromatic nitrogens is 2. The van der Waals surface area contributed by atoms with Crippen molar-refractivity contribution in [3.8, 4) is 0 Å². The number of rotatable bonds is 8. The maximum absolute atomic E-state index is 11.4. The van der Waals surface area contributed by atoms with E-state index >= 15 is 0 Å². The van der Waals surface area contributed by atoms with Gasteiger partial charge in [-0.15, -0.1) is 0 Å². The van der Waals surface area contributed by atoms with E-state index in [1.54, 1.807) is 18.2 Å². The van der Waals surface area contributed by atoms with E-state index in [2.05, 4.69) is 15.1 Å². The molecule has 0 radical (unpaired) electrons. The van der Waals surface area contributed by atoms with E-state index in [9.17, 15) is 10.1 Å². The van der Waals surface area contributed by atoms with Crippen LogP contribution in [0.5, 0.6) is 0 Å². The van der Waals surface area contributed by atoms with E-state index in [1.165, 1.54) is 51.0 Å². The van der Waals surface area contributed by atoms with Gasteiger partial charge in [0.15, 0.2) is 0 Å². The summed E-state index contributed by atoms with van der Waals surface area (Å²) < 4.78 is 0. The van der Waals surface area contributed by atoms with Crippen LogP contribution in [-0.4, -0.2) is 52.5 Å². The Bertz CT molecular complexity index is 1240. The van der Waals surface area contributed by atoms with Crippen LogP contribution in [0.25, 0.3) is 10.9 Å². The molecule has 0 bridgehead atoms. The van der Waals surface area contributed by atoms with Crippen molar-refractivity contribution in [2.45, 2.75) is 38.6 Å². The van der Waals surface area contributed by atoms with E-state index < -0.39 is 4.92 Å². The predicted octanol–water partition coefficient (Wildman–Crippen LogP) is 6.16. The van der Waals surface area contributed by atoms with Crippen LogP contribution in [0.1, 0.15) is 37.7 Å². The summed E-state index contributed by atoms with van der Waals surface area (Å²) in [6.07, 6.45) is 6.17. The zero-order valence-electron chi connectivity index (χ0n) is 20.1. The maximum Gasteiger partial charge on any atom is 0.270 e. The largest absolute Gasteiger partial charge is 0.365 e. The van der Waals surface area contributed by atoms with Crippen molar-refractivity contribution in [1.82, 2.24) is 14.9 Å². The molecule has 2 fully saturated rings. The number of fused-ring (bicyclic) bond motifs is 1. The summed E-state index contributed by atoms with van der Waals surface area (Å²) in [5, 5.41) is 16.5. The highest BCUT2D eigenvalue weighted by Gasteiger charge is 2.24. The first-order valence-corrected chi connectivity index (χ1v) is 13.3. The molecule has 0 atom stereocenters. The van der Waals surface area contributed by atoms with E-state index in [-0.39, 0.29) is 5.69 Å². The maximum atomic E-state index is 11.4. The van der Waals surface area contributed by atoms with Crippen molar-refractivity contribution < 1.29 is 4.92 Å². The van der Waals surface area contributed by atoms with Gasteiger partial charge in [0.2, 0.25) is 5.95 Å². The molecule has 10 heteroatoms. The summed E-state index contributed by atoms with van der Waals surface area (Å²) in [6, 6.07) is 10.0. The van der Waals surface area contributed by atoms with Crippen LogP contribution in [0.15, 0.2) is 36.4 Å². The summed E-state index contributed by atoms with van der Waals surface area (Å²) in [6.45, 7) is 5.93. The molecule has 0 amide bonds. The van der Waals surface area contributed by atoms with Gasteiger partial charge in [-0.3, -0.25) is 10.1 Å². The minimum absolute atomic E-state index is 0.00485. The zero-order valence-corrected chi connectivity index (χ0v) is 21.6. The molecular formula is C26H30Cl2N6O2. The SMILES string of the molecule is O=[N+]([O-])c1ccc2nc(N3CCC(CCN4CCCC4)CC3)nc(NCc3ccc(Cl)cc3Cl)c2c1. The molecule has 1 N–H and O–H groups in total. The van der Waals surface area contributed by atoms with Gasteiger partial charge < -0.3 is 15.1 Å². The minimum Gasteiger partial charge on any atom is -0.365 e. The third-order valence-corrected chi connectivity index (χ3v) is 7.88. The quantitative estimate of drug-likeness (QED) is 0.276. The van der Waals surface area contributed by atoms with E-state index in [4.69, 9.17) is 33.2 Å². The molecule has 190 valence electrons. The first-order valence-electron chi connectivity index (χ1n) is 12.6. The molecule has 0 saturated carbocycles. The van der Waals surface area contributed by atoms with Crippen molar-refractivity contribution in [3.63, 3.8) is 0 Å². The number of non-ortho nitro benzene ring substituents is 1. The number of nitrogens with one attached hydrogen (secondary N) is 1. The lowest BCUT2D eigenvalue weighted by Crippen LogP contribution is -2.36. The number of hydrogen-bond donors (Lipinski definition) is 1. The van der Waals surface area contributed by atoms with Gasteiger partial charge in [0, 0.05) is 47.2 Å². The number of nitro benzene ring substituents is 1. The summed E-state index contributed by atoms with van der Waals surface area (Å²) in [4.78, 5) is 25.4. The Morgan fingerprint density at radius 3 is 2.53 bits per heavy atom. The fraction of sp³-hybridized carbons (Fsp3) is 0.462. The van der Waals surface area contributed by atoms with Crippen LogP contribution >= 0.6 is 23.2 Å². The van der Waals surface area contributed by atoms with Crippen molar-refractivity contribution in [2.24, 2.45) is 5.92 Å². The summed E-state index contributed by atoms with van der Waals surface area (Å²) in [5.74, 6) is 1.94. The molecule has 1 aromatic heterocycles. The van der Waals surface area contributed by atoms with Crippen LogP contribution in [0.3, 0.4) is 0 Å². The van der Waals surface area contributed by atoms with Crippen LogP contribution in [0.2, 0.25) is 10.0 Å². The van der Waals surface area contributed by atoms with Gasteiger partial charge in [-0.05, 0) is 81.4 Å². The fourth-order valence-electron chi connectivity index (χ4n) is 5.13. The Morgan fingerprint density at radius 2 is 1.81 bits per heavy atom. The van der Waals surface area contributed by atoms with Crippen molar-refractivity contribution in [2.75, 3.05) is 42.9 Å². The Balaban J connectivity index is 1.34. The van der Waals surface area contributed by atoms with Gasteiger partial charge in [0.25, 0.3) is 5.69 Å². The first-order chi connectivity index (χ1) is 17.5. The standard InChI is InChI=1S/C26H30Cl2N6O2/c27-20-4-3-19(23(28)15-20)17-29-25-22-16-21(34(35)36)5-6-24(22)30-26(31-25)33-13-8-18(9-14-33)7-12-32-10-1-2-11-32/h3-6,15-16,18H,1-2,7-14,17H2,(H,29,30,31). The highest BCUT2D eigenvalue weighted by Crippen LogP contribution is 2.31. The predicted molar refractivity (Wildman–Crippen MR) is 145 cm³/mol. The van der Waals surface area contributed by atoms with Crippen molar-refractivity contribution >= 4 is 51.6 Å². The molecule has 5 rings (SSSR count). The molecular weight excluding hydrogens is 499 g/mol. The molecule has 36 heavy (non-hydrogen) atoms. The van der Waals surface area contributed by atoms with Gasteiger partial charge in [-0.2, -0.15) is 4.98 Å². The number of halogens is 2. The third kappa shape index (κ3) is 5.82.